The summed E-state index contributed by atoms with van der Waals surface area (Å²) in [6, 6.07) is 4.02. The molecule has 0 aliphatic heterocycles. The van der Waals surface area contributed by atoms with Crippen molar-refractivity contribution < 1.29 is 5.11 Å². The van der Waals surface area contributed by atoms with Crippen LogP contribution in [0, 0.1) is 0 Å². The molecule has 0 aliphatic rings. The highest BCUT2D eigenvalue weighted by molar-refractivity contribution is 7.99. The number of hydrogen-bond donors (Lipinski definition) is 2. The van der Waals surface area contributed by atoms with Crippen molar-refractivity contribution in [1.29, 1.82) is 0 Å². The maximum Gasteiger partial charge on any atom is 0.0438 e. The van der Waals surface area contributed by atoms with E-state index in [1.165, 1.54) is 5.56 Å². The van der Waals surface area contributed by atoms with Crippen LogP contribution in [0.3, 0.4) is 0 Å². The van der Waals surface area contributed by atoms with Gasteiger partial charge in [0.15, 0.2) is 0 Å². The molecular formula is C11H18N2OS. The van der Waals surface area contributed by atoms with Gasteiger partial charge in [-0.3, -0.25) is 4.98 Å². The molecule has 0 saturated heterocycles. The van der Waals surface area contributed by atoms with Crippen molar-refractivity contribution in [2.24, 2.45) is 0 Å². The van der Waals surface area contributed by atoms with Crippen LogP contribution in [0.4, 0.5) is 0 Å². The van der Waals surface area contributed by atoms with E-state index in [9.17, 15) is 0 Å². The van der Waals surface area contributed by atoms with Gasteiger partial charge in [-0.2, -0.15) is 11.8 Å². The molecule has 84 valence electrons. The van der Waals surface area contributed by atoms with Gasteiger partial charge in [0.25, 0.3) is 0 Å². The second-order valence-corrected chi connectivity index (χ2v) is 4.45. The summed E-state index contributed by atoms with van der Waals surface area (Å²) in [5, 5.41) is 11.9. The normalized spacial score (nSPS) is 10.5. The van der Waals surface area contributed by atoms with Crippen LogP contribution in [0.25, 0.3) is 0 Å². The molecule has 2 N–H and O–H groups in total. The molecular weight excluding hydrogens is 208 g/mol. The maximum absolute atomic E-state index is 8.58. The SMILES string of the molecule is OCCCSCCNCc1cccnc1. The molecule has 0 unspecified atom stereocenters. The third kappa shape index (κ3) is 6.49. The molecule has 1 aromatic rings. The Balaban J connectivity index is 1.93. The van der Waals surface area contributed by atoms with Crippen LogP contribution in [-0.4, -0.2) is 34.7 Å². The third-order valence-corrected chi connectivity index (χ3v) is 2.99. The Kier molecular flexibility index (Phi) is 7.25. The summed E-state index contributed by atoms with van der Waals surface area (Å²) in [5.74, 6) is 2.14. The monoisotopic (exact) mass is 226 g/mol. The van der Waals surface area contributed by atoms with Gasteiger partial charge in [-0.1, -0.05) is 6.07 Å². The van der Waals surface area contributed by atoms with Crippen LogP contribution in [0.5, 0.6) is 0 Å². The lowest BCUT2D eigenvalue weighted by Gasteiger charge is -2.03. The van der Waals surface area contributed by atoms with Crippen molar-refractivity contribution in [2.45, 2.75) is 13.0 Å². The number of rotatable bonds is 8. The lowest BCUT2D eigenvalue weighted by atomic mass is 10.3. The minimum Gasteiger partial charge on any atom is -0.396 e. The number of thioether (sulfide) groups is 1. The summed E-state index contributed by atoms with van der Waals surface area (Å²) in [7, 11) is 0. The van der Waals surface area contributed by atoms with Gasteiger partial charge < -0.3 is 10.4 Å². The smallest absolute Gasteiger partial charge is 0.0438 e. The Labute approximate surface area is 95.3 Å². The Morgan fingerprint density at radius 3 is 3.07 bits per heavy atom. The molecule has 4 heteroatoms. The molecule has 1 aromatic heterocycles. The van der Waals surface area contributed by atoms with Crippen molar-refractivity contribution in [2.75, 3.05) is 24.7 Å². The molecule has 1 rings (SSSR count). The average molecular weight is 226 g/mol. The zero-order valence-electron chi connectivity index (χ0n) is 8.85. The summed E-state index contributed by atoms with van der Waals surface area (Å²) < 4.78 is 0. The number of pyridine rings is 1. The Morgan fingerprint density at radius 1 is 1.40 bits per heavy atom. The predicted molar refractivity (Wildman–Crippen MR) is 65.0 cm³/mol. The fourth-order valence-corrected chi connectivity index (χ4v) is 1.97. The van der Waals surface area contributed by atoms with E-state index in [0.29, 0.717) is 6.61 Å². The topological polar surface area (TPSA) is 45.1 Å². The van der Waals surface area contributed by atoms with E-state index in [4.69, 9.17) is 5.11 Å². The summed E-state index contributed by atoms with van der Waals surface area (Å²) in [6.45, 7) is 2.19. The molecule has 0 bridgehead atoms. The van der Waals surface area contributed by atoms with Crippen molar-refractivity contribution in [3.05, 3.63) is 30.1 Å². The minimum absolute atomic E-state index is 0.302. The van der Waals surface area contributed by atoms with E-state index in [0.717, 1.165) is 31.0 Å². The van der Waals surface area contributed by atoms with Crippen LogP contribution >= 0.6 is 11.8 Å². The van der Waals surface area contributed by atoms with E-state index in [-0.39, 0.29) is 0 Å². The van der Waals surface area contributed by atoms with E-state index in [2.05, 4.69) is 16.4 Å². The van der Waals surface area contributed by atoms with E-state index >= 15 is 0 Å². The molecule has 1 heterocycles. The number of aromatic nitrogens is 1. The fraction of sp³-hybridized carbons (Fsp3) is 0.545. The summed E-state index contributed by atoms with van der Waals surface area (Å²) in [5.41, 5.74) is 1.22. The lowest BCUT2D eigenvalue weighted by Crippen LogP contribution is -2.16. The van der Waals surface area contributed by atoms with Crippen molar-refractivity contribution in [3.8, 4) is 0 Å². The molecule has 0 saturated carbocycles. The average Bonchev–Trinajstić information content (AvgIpc) is 2.29. The molecule has 0 aromatic carbocycles. The van der Waals surface area contributed by atoms with Gasteiger partial charge in [0.2, 0.25) is 0 Å². The largest absolute Gasteiger partial charge is 0.396 e. The van der Waals surface area contributed by atoms with Crippen molar-refractivity contribution in [3.63, 3.8) is 0 Å². The fourth-order valence-electron chi connectivity index (χ4n) is 1.15. The Hall–Kier alpha value is -0.580. The van der Waals surface area contributed by atoms with Gasteiger partial charge in [-0.05, 0) is 23.8 Å². The van der Waals surface area contributed by atoms with Gasteiger partial charge in [0, 0.05) is 37.8 Å². The zero-order chi connectivity index (χ0) is 10.8. The van der Waals surface area contributed by atoms with Gasteiger partial charge >= 0.3 is 0 Å². The number of aliphatic hydroxyl groups is 1. The standard InChI is InChI=1S/C11H18N2OS/c14-6-2-7-15-8-5-13-10-11-3-1-4-12-9-11/h1,3-4,9,13-14H,2,5-8,10H2. The quantitative estimate of drug-likeness (QED) is 0.656. The second kappa shape index (κ2) is 8.71. The second-order valence-electron chi connectivity index (χ2n) is 3.23. The third-order valence-electron chi connectivity index (χ3n) is 1.92. The first-order valence-electron chi connectivity index (χ1n) is 5.21. The highest BCUT2D eigenvalue weighted by Gasteiger charge is 1.92. The molecule has 0 fully saturated rings. The Bertz CT molecular complexity index is 244. The van der Waals surface area contributed by atoms with Gasteiger partial charge in [0.1, 0.15) is 0 Å². The zero-order valence-corrected chi connectivity index (χ0v) is 9.67. The number of hydrogen-bond acceptors (Lipinski definition) is 4. The number of nitrogens with zero attached hydrogens (tertiary/aromatic N) is 1. The molecule has 0 atom stereocenters. The van der Waals surface area contributed by atoms with E-state index in [1.54, 1.807) is 6.20 Å². The molecule has 0 amide bonds. The minimum atomic E-state index is 0.302. The van der Waals surface area contributed by atoms with Crippen LogP contribution < -0.4 is 5.32 Å². The first kappa shape index (κ1) is 12.5. The summed E-state index contributed by atoms with van der Waals surface area (Å²) in [4.78, 5) is 4.05. The highest BCUT2D eigenvalue weighted by atomic mass is 32.2. The Morgan fingerprint density at radius 2 is 2.33 bits per heavy atom. The predicted octanol–water partition coefficient (Wildman–Crippen LogP) is 1.29. The molecule has 0 aliphatic carbocycles. The molecule has 0 radical (unpaired) electrons. The number of nitrogens with one attached hydrogen (secondary N) is 1. The highest BCUT2D eigenvalue weighted by Crippen LogP contribution is 2.00. The molecule has 0 spiro atoms. The molecule has 15 heavy (non-hydrogen) atoms. The lowest BCUT2D eigenvalue weighted by molar-refractivity contribution is 0.296. The van der Waals surface area contributed by atoms with Crippen LogP contribution in [0.2, 0.25) is 0 Å². The van der Waals surface area contributed by atoms with Crippen LogP contribution in [-0.2, 0) is 6.54 Å². The van der Waals surface area contributed by atoms with Gasteiger partial charge in [-0.25, -0.2) is 0 Å². The maximum atomic E-state index is 8.58. The summed E-state index contributed by atoms with van der Waals surface area (Å²) >= 11 is 1.87. The van der Waals surface area contributed by atoms with Crippen LogP contribution in [0.1, 0.15) is 12.0 Å². The van der Waals surface area contributed by atoms with Crippen molar-refractivity contribution >= 4 is 11.8 Å². The van der Waals surface area contributed by atoms with Crippen LogP contribution in [0.15, 0.2) is 24.5 Å². The number of aliphatic hydroxyl groups excluding tert-OH is 1. The van der Waals surface area contributed by atoms with E-state index < -0.39 is 0 Å². The van der Waals surface area contributed by atoms with Gasteiger partial charge in [-0.15, -0.1) is 0 Å². The first-order valence-corrected chi connectivity index (χ1v) is 6.37. The summed E-state index contributed by atoms with van der Waals surface area (Å²) in [6.07, 6.45) is 4.56. The van der Waals surface area contributed by atoms with Gasteiger partial charge in [0.05, 0.1) is 0 Å². The van der Waals surface area contributed by atoms with E-state index in [1.807, 2.05) is 24.0 Å². The molecule has 3 nitrogen and oxygen atoms in total. The van der Waals surface area contributed by atoms with Crippen molar-refractivity contribution in [1.82, 2.24) is 10.3 Å². The first-order chi connectivity index (χ1) is 7.43.